The molecule has 1 aromatic carbocycles. The highest BCUT2D eigenvalue weighted by Gasteiger charge is 2.30. The van der Waals surface area contributed by atoms with Gasteiger partial charge >= 0.3 is 6.18 Å². The van der Waals surface area contributed by atoms with Crippen LogP contribution in [0.25, 0.3) is 11.4 Å². The fraction of sp³-hybridized carbons (Fsp3) is 0.250. The van der Waals surface area contributed by atoms with Crippen molar-refractivity contribution in [1.82, 2.24) is 15.0 Å². The fourth-order valence-electron chi connectivity index (χ4n) is 3.24. The van der Waals surface area contributed by atoms with Gasteiger partial charge in [0.25, 0.3) is 0 Å². The molecule has 0 radical (unpaired) electrons. The highest BCUT2D eigenvalue weighted by atomic mass is 19.4. The van der Waals surface area contributed by atoms with Crippen LogP contribution in [0.5, 0.6) is 0 Å². The van der Waals surface area contributed by atoms with Crippen molar-refractivity contribution in [1.29, 1.82) is 0 Å². The zero-order valence-corrected chi connectivity index (χ0v) is 14.9. The number of nitrogens with zero attached hydrogens (tertiary/aromatic N) is 3. The number of fused-ring (bicyclic) bond motifs is 1. The molecular weight excluding hydrogens is 367 g/mol. The number of benzene rings is 1. The van der Waals surface area contributed by atoms with Gasteiger partial charge in [0.2, 0.25) is 0 Å². The quantitative estimate of drug-likeness (QED) is 0.709. The van der Waals surface area contributed by atoms with E-state index in [0.717, 1.165) is 41.8 Å². The summed E-state index contributed by atoms with van der Waals surface area (Å²) in [5.74, 6) is 1.09. The Hall–Kier alpha value is -3.00. The maximum absolute atomic E-state index is 12.8. The van der Waals surface area contributed by atoms with Crippen molar-refractivity contribution in [3.05, 3.63) is 65.6 Å². The average Bonchev–Trinajstić information content (AvgIpc) is 2.68. The van der Waals surface area contributed by atoms with E-state index in [-0.39, 0.29) is 6.04 Å². The number of halogens is 3. The van der Waals surface area contributed by atoms with Crippen LogP contribution in [0.15, 0.2) is 48.8 Å². The monoisotopic (exact) mass is 385 g/mol. The van der Waals surface area contributed by atoms with Crippen LogP contribution in [0, 0.1) is 0 Å². The summed E-state index contributed by atoms with van der Waals surface area (Å²) < 4.78 is 38.4. The number of alkyl halides is 3. The molecule has 8 heteroatoms. The van der Waals surface area contributed by atoms with Crippen LogP contribution < -0.4 is 11.1 Å². The van der Waals surface area contributed by atoms with E-state index in [9.17, 15) is 13.2 Å². The second kappa shape index (κ2) is 7.20. The van der Waals surface area contributed by atoms with Gasteiger partial charge in [0, 0.05) is 40.9 Å². The summed E-state index contributed by atoms with van der Waals surface area (Å²) in [5, 5.41) is 3.15. The largest absolute Gasteiger partial charge is 0.416 e. The lowest BCUT2D eigenvalue weighted by Crippen LogP contribution is -2.29. The van der Waals surface area contributed by atoms with Crippen LogP contribution in [-0.4, -0.2) is 21.0 Å². The number of aryl methyl sites for hydroxylation is 1. The smallest absolute Gasteiger partial charge is 0.340 e. The van der Waals surface area contributed by atoms with E-state index >= 15 is 0 Å². The molecule has 2 aromatic heterocycles. The summed E-state index contributed by atoms with van der Waals surface area (Å²) >= 11 is 0. The highest BCUT2D eigenvalue weighted by molar-refractivity contribution is 5.65. The molecule has 1 aliphatic rings. The van der Waals surface area contributed by atoms with Crippen LogP contribution in [0.2, 0.25) is 0 Å². The topological polar surface area (TPSA) is 76.7 Å². The minimum absolute atomic E-state index is 0.00787. The Bertz CT molecular complexity index is 972. The lowest BCUT2D eigenvalue weighted by molar-refractivity contribution is -0.137. The normalized spacial score (nSPS) is 16.5. The van der Waals surface area contributed by atoms with Crippen LogP contribution in [0.1, 0.15) is 23.2 Å². The van der Waals surface area contributed by atoms with Crippen LogP contribution in [-0.2, 0) is 19.0 Å². The maximum atomic E-state index is 12.8. The van der Waals surface area contributed by atoms with Crippen molar-refractivity contribution in [2.75, 3.05) is 5.32 Å². The SMILES string of the molecule is N[C@@H]1CCc2nc(-c3cccnc3)nc(Nc3ccc(C(F)(F)F)cc3)c2C1. The molecular formula is C20H18F3N5. The molecule has 0 aliphatic heterocycles. The number of rotatable bonds is 3. The Balaban J connectivity index is 1.72. The van der Waals surface area contributed by atoms with Crippen molar-refractivity contribution in [2.24, 2.45) is 5.73 Å². The lowest BCUT2D eigenvalue weighted by Gasteiger charge is -2.24. The number of aromatic nitrogens is 3. The Morgan fingerprint density at radius 2 is 1.86 bits per heavy atom. The summed E-state index contributed by atoms with van der Waals surface area (Å²) in [4.78, 5) is 13.4. The molecule has 3 N–H and O–H groups in total. The molecule has 0 spiro atoms. The van der Waals surface area contributed by atoms with E-state index in [1.165, 1.54) is 12.1 Å². The third-order valence-corrected chi connectivity index (χ3v) is 4.71. The van der Waals surface area contributed by atoms with E-state index in [1.54, 1.807) is 18.5 Å². The van der Waals surface area contributed by atoms with Crippen molar-refractivity contribution in [2.45, 2.75) is 31.5 Å². The highest BCUT2D eigenvalue weighted by Crippen LogP contribution is 2.32. The number of nitrogens with one attached hydrogen (secondary N) is 1. The molecule has 0 amide bonds. The van der Waals surface area contributed by atoms with Gasteiger partial charge in [-0.05, 0) is 55.7 Å². The number of anilines is 2. The molecule has 5 nitrogen and oxygen atoms in total. The van der Waals surface area contributed by atoms with Gasteiger partial charge in [-0.3, -0.25) is 4.98 Å². The molecule has 0 bridgehead atoms. The molecule has 2 heterocycles. The number of hydrogen-bond acceptors (Lipinski definition) is 5. The average molecular weight is 385 g/mol. The number of hydrogen-bond donors (Lipinski definition) is 2. The number of nitrogens with two attached hydrogens (primary N) is 1. The first kappa shape index (κ1) is 18.4. The first-order valence-electron chi connectivity index (χ1n) is 8.90. The maximum Gasteiger partial charge on any atom is 0.416 e. The summed E-state index contributed by atoms with van der Waals surface area (Å²) in [5.41, 5.74) is 8.53. The standard InChI is InChI=1S/C20H18F3N5/c21-20(22,23)13-3-6-15(7-4-13)26-19-16-10-14(24)5-8-17(16)27-18(28-19)12-2-1-9-25-11-12/h1-4,6-7,9,11,14H,5,8,10,24H2,(H,26,27,28)/t14-/m1/s1. The summed E-state index contributed by atoms with van der Waals surface area (Å²) in [6.45, 7) is 0. The van der Waals surface area contributed by atoms with Gasteiger partial charge in [0.15, 0.2) is 5.82 Å². The van der Waals surface area contributed by atoms with Crippen molar-refractivity contribution in [3.63, 3.8) is 0 Å². The molecule has 0 saturated heterocycles. The lowest BCUT2D eigenvalue weighted by atomic mass is 9.92. The Labute approximate surface area is 159 Å². The molecule has 1 aliphatic carbocycles. The van der Waals surface area contributed by atoms with Gasteiger partial charge in [0.1, 0.15) is 5.82 Å². The van der Waals surface area contributed by atoms with Crippen LogP contribution in [0.4, 0.5) is 24.7 Å². The Morgan fingerprint density at radius 3 is 2.54 bits per heavy atom. The van der Waals surface area contributed by atoms with Gasteiger partial charge in [-0.1, -0.05) is 0 Å². The summed E-state index contributed by atoms with van der Waals surface area (Å²) in [6, 6.07) is 8.55. The Morgan fingerprint density at radius 1 is 1.07 bits per heavy atom. The second-order valence-electron chi connectivity index (χ2n) is 6.77. The summed E-state index contributed by atoms with van der Waals surface area (Å²) in [6.07, 6.45) is 1.16. The molecule has 0 saturated carbocycles. The van der Waals surface area contributed by atoms with Crippen LogP contribution in [0.3, 0.4) is 0 Å². The molecule has 144 valence electrons. The van der Waals surface area contributed by atoms with E-state index in [2.05, 4.69) is 20.3 Å². The zero-order valence-electron chi connectivity index (χ0n) is 14.9. The minimum Gasteiger partial charge on any atom is -0.340 e. The van der Waals surface area contributed by atoms with E-state index in [4.69, 9.17) is 5.73 Å². The van der Waals surface area contributed by atoms with Crippen LogP contribution >= 0.6 is 0 Å². The second-order valence-corrected chi connectivity index (χ2v) is 6.77. The van der Waals surface area contributed by atoms with Crippen molar-refractivity contribution in [3.8, 4) is 11.4 Å². The minimum atomic E-state index is -4.37. The van der Waals surface area contributed by atoms with Gasteiger partial charge < -0.3 is 11.1 Å². The van der Waals surface area contributed by atoms with Crippen molar-refractivity contribution >= 4 is 11.5 Å². The van der Waals surface area contributed by atoms with E-state index in [1.807, 2.05) is 6.07 Å². The first-order valence-corrected chi connectivity index (χ1v) is 8.90. The molecule has 0 fully saturated rings. The predicted molar refractivity (Wildman–Crippen MR) is 100.0 cm³/mol. The summed E-state index contributed by atoms with van der Waals surface area (Å²) in [7, 11) is 0. The van der Waals surface area contributed by atoms with E-state index < -0.39 is 11.7 Å². The van der Waals surface area contributed by atoms with Gasteiger partial charge in [0.05, 0.1) is 5.56 Å². The molecule has 1 atom stereocenters. The van der Waals surface area contributed by atoms with Gasteiger partial charge in [-0.2, -0.15) is 13.2 Å². The third kappa shape index (κ3) is 3.82. The third-order valence-electron chi connectivity index (χ3n) is 4.71. The van der Waals surface area contributed by atoms with Gasteiger partial charge in [-0.15, -0.1) is 0 Å². The van der Waals surface area contributed by atoms with E-state index in [0.29, 0.717) is 23.8 Å². The molecule has 28 heavy (non-hydrogen) atoms. The Kier molecular flexibility index (Phi) is 4.72. The predicted octanol–water partition coefficient (Wildman–Crippen LogP) is 4.12. The molecule has 3 aromatic rings. The van der Waals surface area contributed by atoms with Gasteiger partial charge in [-0.25, -0.2) is 9.97 Å². The first-order chi connectivity index (χ1) is 13.4. The fourth-order valence-corrected chi connectivity index (χ4v) is 3.24. The molecule has 0 unspecified atom stereocenters. The molecule has 4 rings (SSSR count). The van der Waals surface area contributed by atoms with Crippen molar-refractivity contribution < 1.29 is 13.2 Å². The number of pyridine rings is 1. The zero-order chi connectivity index (χ0) is 19.7.